The topological polar surface area (TPSA) is 46.2 Å². The molecule has 0 unspecified atom stereocenters. The molecule has 0 spiro atoms. The number of anilines is 1. The second-order valence-electron chi connectivity index (χ2n) is 5.51. The van der Waals surface area contributed by atoms with Crippen LogP contribution in [0.3, 0.4) is 0 Å². The van der Waals surface area contributed by atoms with Crippen LogP contribution in [-0.2, 0) is 28.6 Å². The van der Waals surface area contributed by atoms with Crippen LogP contribution in [0.15, 0.2) is 41.3 Å². The molecular weight excluding hydrogens is 448 g/mol. The van der Waals surface area contributed by atoms with Gasteiger partial charge in [-0.3, -0.25) is 4.72 Å². The first-order chi connectivity index (χ1) is 12.9. The van der Waals surface area contributed by atoms with Gasteiger partial charge >= 0.3 is 18.5 Å². The molecule has 0 aliphatic rings. The first-order valence-corrected chi connectivity index (χ1v) is 8.59. The molecule has 14 heteroatoms. The lowest BCUT2D eigenvalue weighted by molar-refractivity contribution is -0.143. The van der Waals surface area contributed by atoms with Crippen molar-refractivity contribution in [1.29, 1.82) is 0 Å². The van der Waals surface area contributed by atoms with Gasteiger partial charge in [-0.25, -0.2) is 12.8 Å². The second kappa shape index (κ2) is 7.07. The number of benzene rings is 2. The highest BCUT2D eigenvalue weighted by atomic mass is 32.2. The van der Waals surface area contributed by atoms with Crippen LogP contribution in [0.5, 0.6) is 0 Å². The predicted octanol–water partition coefficient (Wildman–Crippen LogP) is 5.68. The normalized spacial score (nSPS) is 13.4. The Labute approximate surface area is 156 Å². The Hall–Kier alpha value is -2.51. The van der Waals surface area contributed by atoms with Gasteiger partial charge in [0.15, 0.2) is 5.82 Å². The van der Waals surface area contributed by atoms with E-state index in [1.807, 2.05) is 0 Å². The molecule has 2 aromatic carbocycles. The first kappa shape index (κ1) is 22.8. The van der Waals surface area contributed by atoms with Crippen molar-refractivity contribution in [2.45, 2.75) is 23.4 Å². The lowest BCUT2D eigenvalue weighted by atomic mass is 10.1. The van der Waals surface area contributed by atoms with E-state index in [2.05, 4.69) is 0 Å². The SMILES string of the molecule is O=S(=O)(Nc1cccc(C(F)(F)F)c1F)c1cc(C(F)(F)F)cc(C(F)(F)F)c1. The van der Waals surface area contributed by atoms with Gasteiger partial charge < -0.3 is 0 Å². The summed E-state index contributed by atoms with van der Waals surface area (Å²) in [4.78, 5) is -1.57. The lowest BCUT2D eigenvalue weighted by Crippen LogP contribution is -2.19. The van der Waals surface area contributed by atoms with Crippen molar-refractivity contribution < 1.29 is 52.3 Å². The number of hydrogen-bond donors (Lipinski definition) is 1. The molecule has 2 aromatic rings. The lowest BCUT2D eigenvalue weighted by Gasteiger charge is -2.16. The van der Waals surface area contributed by atoms with E-state index >= 15 is 0 Å². The Morgan fingerprint density at radius 2 is 1.21 bits per heavy atom. The Morgan fingerprint density at radius 3 is 1.62 bits per heavy atom. The Balaban J connectivity index is 2.60. The average molecular weight is 455 g/mol. The van der Waals surface area contributed by atoms with Gasteiger partial charge in [0.1, 0.15) is 0 Å². The van der Waals surface area contributed by atoms with E-state index in [0.717, 1.165) is 0 Å². The zero-order valence-corrected chi connectivity index (χ0v) is 14.3. The molecule has 0 aliphatic heterocycles. The minimum atomic E-state index is -5.37. The number of alkyl halides is 9. The fraction of sp³-hybridized carbons (Fsp3) is 0.200. The van der Waals surface area contributed by atoms with Gasteiger partial charge in [0.25, 0.3) is 10.0 Å². The third-order valence-electron chi connectivity index (χ3n) is 3.42. The smallest absolute Gasteiger partial charge is 0.277 e. The molecule has 0 bridgehead atoms. The van der Waals surface area contributed by atoms with Gasteiger partial charge in [-0.2, -0.15) is 39.5 Å². The van der Waals surface area contributed by atoms with E-state index in [1.54, 1.807) is 0 Å². The van der Waals surface area contributed by atoms with Crippen LogP contribution in [-0.4, -0.2) is 8.42 Å². The first-order valence-electron chi connectivity index (χ1n) is 7.11. The van der Waals surface area contributed by atoms with E-state index in [1.165, 1.54) is 4.72 Å². The number of hydrogen-bond acceptors (Lipinski definition) is 2. The molecule has 0 radical (unpaired) electrons. The molecule has 0 amide bonds. The van der Waals surface area contributed by atoms with Gasteiger partial charge in [0.05, 0.1) is 27.3 Å². The second-order valence-corrected chi connectivity index (χ2v) is 7.19. The van der Waals surface area contributed by atoms with Crippen LogP contribution in [0.2, 0.25) is 0 Å². The molecule has 3 nitrogen and oxygen atoms in total. The van der Waals surface area contributed by atoms with Crippen LogP contribution in [0.1, 0.15) is 16.7 Å². The maximum atomic E-state index is 13.9. The van der Waals surface area contributed by atoms with Crippen LogP contribution in [0.4, 0.5) is 49.6 Å². The monoisotopic (exact) mass is 455 g/mol. The molecule has 0 saturated carbocycles. The quantitative estimate of drug-likeness (QED) is 0.606. The number of halogens is 10. The van der Waals surface area contributed by atoms with Crippen molar-refractivity contribution in [1.82, 2.24) is 0 Å². The van der Waals surface area contributed by atoms with Crippen LogP contribution < -0.4 is 4.72 Å². The highest BCUT2D eigenvalue weighted by molar-refractivity contribution is 7.92. The van der Waals surface area contributed by atoms with Crippen molar-refractivity contribution in [2.24, 2.45) is 0 Å². The molecule has 0 saturated heterocycles. The maximum Gasteiger partial charge on any atom is 0.419 e. The largest absolute Gasteiger partial charge is 0.419 e. The summed E-state index contributed by atoms with van der Waals surface area (Å²) in [7, 11) is -5.32. The number of rotatable bonds is 3. The third-order valence-corrected chi connectivity index (χ3v) is 4.76. The van der Waals surface area contributed by atoms with E-state index in [-0.39, 0.29) is 24.3 Å². The van der Waals surface area contributed by atoms with Crippen molar-refractivity contribution in [3.63, 3.8) is 0 Å². The van der Waals surface area contributed by atoms with E-state index in [0.29, 0.717) is 12.1 Å². The molecule has 160 valence electrons. The standard InChI is InChI=1S/C15H7F10NO2S/c16-12-10(15(23,24)25)2-1-3-11(12)26-29(27,28)9-5-7(13(17,18)19)4-8(6-9)14(20,21)22/h1-6,26H. The predicted molar refractivity (Wildman–Crippen MR) is 78.7 cm³/mol. The summed E-state index contributed by atoms with van der Waals surface area (Å²) in [6.45, 7) is 0. The van der Waals surface area contributed by atoms with Crippen molar-refractivity contribution in [3.05, 3.63) is 58.9 Å². The van der Waals surface area contributed by atoms with E-state index in [4.69, 9.17) is 0 Å². The molecule has 0 heterocycles. The maximum absolute atomic E-state index is 13.9. The highest BCUT2D eigenvalue weighted by Crippen LogP contribution is 2.38. The molecule has 0 atom stereocenters. The molecule has 1 N–H and O–H groups in total. The molecular formula is C15H7F10NO2S. The molecule has 0 aliphatic carbocycles. The fourth-order valence-corrected chi connectivity index (χ4v) is 3.24. The molecule has 0 aromatic heterocycles. The Morgan fingerprint density at radius 1 is 0.724 bits per heavy atom. The van der Waals surface area contributed by atoms with Gasteiger partial charge in [-0.15, -0.1) is 0 Å². The summed E-state index contributed by atoms with van der Waals surface area (Å²) in [6, 6.07) is 0.701. The zero-order valence-electron chi connectivity index (χ0n) is 13.5. The minimum Gasteiger partial charge on any atom is -0.277 e. The van der Waals surface area contributed by atoms with Crippen molar-refractivity contribution >= 4 is 15.7 Å². The Kier molecular flexibility index (Phi) is 5.56. The van der Waals surface area contributed by atoms with Crippen molar-refractivity contribution in [2.75, 3.05) is 4.72 Å². The molecule has 0 fully saturated rings. The van der Waals surface area contributed by atoms with Crippen LogP contribution in [0.25, 0.3) is 0 Å². The summed E-state index contributed by atoms with van der Waals surface area (Å²) in [6.07, 6.45) is -16.0. The van der Waals surface area contributed by atoms with Gasteiger partial charge in [0.2, 0.25) is 0 Å². The van der Waals surface area contributed by atoms with Crippen LogP contribution in [0, 0.1) is 5.82 Å². The average Bonchev–Trinajstić information content (AvgIpc) is 2.53. The highest BCUT2D eigenvalue weighted by Gasteiger charge is 2.39. The Bertz CT molecular complexity index is 991. The van der Waals surface area contributed by atoms with Gasteiger partial charge in [-0.1, -0.05) is 6.07 Å². The summed E-state index contributed by atoms with van der Waals surface area (Å²) in [5.41, 5.74) is -7.15. The fourth-order valence-electron chi connectivity index (χ4n) is 2.11. The summed E-state index contributed by atoms with van der Waals surface area (Å²) in [5.74, 6) is -2.11. The number of nitrogens with one attached hydrogen (secondary N) is 1. The van der Waals surface area contributed by atoms with E-state index in [9.17, 15) is 52.3 Å². The summed E-state index contributed by atoms with van der Waals surface area (Å²) < 4.78 is 155. The number of sulfonamides is 1. The van der Waals surface area contributed by atoms with Crippen molar-refractivity contribution in [3.8, 4) is 0 Å². The van der Waals surface area contributed by atoms with Gasteiger partial charge in [0, 0.05) is 0 Å². The summed E-state index contributed by atoms with van der Waals surface area (Å²) in [5, 5.41) is 0. The van der Waals surface area contributed by atoms with Gasteiger partial charge in [-0.05, 0) is 30.3 Å². The molecule has 2 rings (SSSR count). The minimum absolute atomic E-state index is 0.164. The summed E-state index contributed by atoms with van der Waals surface area (Å²) >= 11 is 0. The third kappa shape index (κ3) is 5.10. The zero-order chi connectivity index (χ0) is 22.4. The van der Waals surface area contributed by atoms with Crippen LogP contribution >= 0.6 is 0 Å². The molecule has 29 heavy (non-hydrogen) atoms. The van der Waals surface area contributed by atoms with E-state index < -0.39 is 61.6 Å².